The third kappa shape index (κ3) is 3.25. The number of aromatic nitrogens is 1. The van der Waals surface area contributed by atoms with E-state index in [1.54, 1.807) is 13.0 Å². The highest BCUT2D eigenvalue weighted by atomic mass is 35.5. The molecule has 2 aromatic rings. The average Bonchev–Trinajstić information content (AvgIpc) is 2.82. The predicted octanol–water partition coefficient (Wildman–Crippen LogP) is 3.49. The van der Waals surface area contributed by atoms with Crippen molar-refractivity contribution in [3.05, 3.63) is 41.3 Å². The molecule has 0 aliphatic heterocycles. The van der Waals surface area contributed by atoms with Gasteiger partial charge < -0.3 is 9.67 Å². The van der Waals surface area contributed by atoms with Crippen molar-refractivity contribution in [1.29, 1.82) is 5.26 Å². The van der Waals surface area contributed by atoms with E-state index in [1.807, 2.05) is 0 Å². The molecule has 7 heteroatoms. The molecule has 1 aromatic heterocycles. The lowest BCUT2D eigenvalue weighted by Gasteiger charge is -2.13. The van der Waals surface area contributed by atoms with Crippen LogP contribution in [0.2, 0.25) is 0 Å². The molecule has 0 saturated heterocycles. The summed E-state index contributed by atoms with van der Waals surface area (Å²) in [6.45, 7) is 1.70. The van der Waals surface area contributed by atoms with E-state index < -0.39 is 23.1 Å². The summed E-state index contributed by atoms with van der Waals surface area (Å²) in [5.74, 6) is -1.57. The number of fused-ring (bicyclic) bond motifs is 1. The molecular weight excluding hydrogens is 323 g/mol. The van der Waals surface area contributed by atoms with Gasteiger partial charge in [-0.05, 0) is 42.3 Å². The Labute approximate surface area is 136 Å². The molecule has 0 bridgehead atoms. The summed E-state index contributed by atoms with van der Waals surface area (Å²) in [4.78, 5) is 22.6. The van der Waals surface area contributed by atoms with Gasteiger partial charge in [0.25, 0.3) is 5.24 Å². The number of hydrogen-bond donors (Lipinski definition) is 1. The van der Waals surface area contributed by atoms with Crippen molar-refractivity contribution >= 4 is 39.8 Å². The van der Waals surface area contributed by atoms with Crippen LogP contribution in [-0.2, 0) is 9.59 Å². The van der Waals surface area contributed by atoms with Crippen LogP contribution in [0.15, 0.2) is 30.0 Å². The Morgan fingerprint density at radius 3 is 2.74 bits per heavy atom. The van der Waals surface area contributed by atoms with Crippen molar-refractivity contribution in [2.45, 2.75) is 19.4 Å². The van der Waals surface area contributed by atoms with Gasteiger partial charge in [0, 0.05) is 17.1 Å². The second kappa shape index (κ2) is 6.63. The number of carboxylic acid groups (broad SMARTS) is 1. The number of hydrogen-bond acceptors (Lipinski definition) is 3. The summed E-state index contributed by atoms with van der Waals surface area (Å²) in [7, 11) is 0. The smallest absolute Gasteiger partial charge is 0.326 e. The predicted molar refractivity (Wildman–Crippen MR) is 83.3 cm³/mol. The van der Waals surface area contributed by atoms with E-state index >= 15 is 0 Å². The van der Waals surface area contributed by atoms with Crippen LogP contribution in [0.3, 0.4) is 0 Å². The molecule has 118 valence electrons. The highest BCUT2D eigenvalue weighted by molar-refractivity contribution is 6.68. The van der Waals surface area contributed by atoms with Crippen LogP contribution in [0.25, 0.3) is 17.0 Å². The minimum atomic E-state index is -1.06. The van der Waals surface area contributed by atoms with Crippen molar-refractivity contribution in [1.82, 2.24) is 4.57 Å². The minimum Gasteiger partial charge on any atom is -0.480 e. The van der Waals surface area contributed by atoms with Gasteiger partial charge in [-0.1, -0.05) is 6.92 Å². The Balaban J connectivity index is 2.76. The van der Waals surface area contributed by atoms with Crippen molar-refractivity contribution in [3.8, 4) is 6.07 Å². The number of carbonyl (C=O) groups excluding carboxylic acids is 1. The fraction of sp³-hybridized carbons (Fsp3) is 0.188. The van der Waals surface area contributed by atoms with E-state index in [0.717, 1.165) is 0 Å². The highest BCUT2D eigenvalue weighted by Gasteiger charge is 2.21. The molecule has 1 unspecified atom stereocenters. The maximum absolute atomic E-state index is 13.5. The second-order valence-corrected chi connectivity index (χ2v) is 5.20. The van der Waals surface area contributed by atoms with E-state index in [0.29, 0.717) is 22.9 Å². The topological polar surface area (TPSA) is 83.1 Å². The molecule has 1 N–H and O–H groups in total. The highest BCUT2D eigenvalue weighted by Crippen LogP contribution is 2.29. The van der Waals surface area contributed by atoms with E-state index in [4.69, 9.17) is 16.9 Å². The van der Waals surface area contributed by atoms with Crippen LogP contribution in [0.4, 0.5) is 4.39 Å². The van der Waals surface area contributed by atoms with Gasteiger partial charge in [0.15, 0.2) is 0 Å². The second-order valence-electron chi connectivity index (χ2n) is 4.86. The Morgan fingerprint density at radius 1 is 1.52 bits per heavy atom. The Bertz CT molecular complexity index is 864. The normalized spacial score (nSPS) is 12.9. The molecule has 2 rings (SSSR count). The van der Waals surface area contributed by atoms with Gasteiger partial charge in [0.05, 0.1) is 5.52 Å². The third-order valence-corrected chi connectivity index (χ3v) is 3.67. The zero-order chi connectivity index (χ0) is 17.1. The first-order chi connectivity index (χ1) is 10.9. The molecule has 0 radical (unpaired) electrons. The van der Waals surface area contributed by atoms with Crippen LogP contribution in [0.5, 0.6) is 0 Å². The van der Waals surface area contributed by atoms with Crippen molar-refractivity contribution in [3.63, 3.8) is 0 Å². The number of allylic oxidation sites excluding steroid dienone is 1. The van der Waals surface area contributed by atoms with Crippen LogP contribution in [-0.4, -0.2) is 20.9 Å². The van der Waals surface area contributed by atoms with Crippen molar-refractivity contribution in [2.75, 3.05) is 0 Å². The van der Waals surface area contributed by atoms with Crippen molar-refractivity contribution < 1.29 is 19.1 Å². The van der Waals surface area contributed by atoms with Gasteiger partial charge in [-0.2, -0.15) is 5.26 Å². The first kappa shape index (κ1) is 16.7. The number of carboxylic acids is 1. The molecule has 0 aliphatic rings. The molecule has 5 nitrogen and oxygen atoms in total. The number of benzene rings is 1. The molecule has 0 spiro atoms. The van der Waals surface area contributed by atoms with Gasteiger partial charge in [0.1, 0.15) is 23.5 Å². The van der Waals surface area contributed by atoms with Gasteiger partial charge in [-0.15, -0.1) is 0 Å². The molecule has 0 fully saturated rings. The minimum absolute atomic E-state index is 0.279. The maximum atomic E-state index is 13.5. The first-order valence-electron chi connectivity index (χ1n) is 6.73. The first-order valence-corrected chi connectivity index (χ1v) is 7.11. The quantitative estimate of drug-likeness (QED) is 0.515. The molecule has 0 amide bonds. The molecule has 1 heterocycles. The van der Waals surface area contributed by atoms with Gasteiger partial charge in [0.2, 0.25) is 0 Å². The Morgan fingerprint density at radius 2 is 2.22 bits per heavy atom. The molecular formula is C16H12ClFN2O3. The molecule has 23 heavy (non-hydrogen) atoms. The molecule has 1 aromatic carbocycles. The van der Waals surface area contributed by atoms with Gasteiger partial charge in [-0.25, -0.2) is 9.18 Å². The van der Waals surface area contributed by atoms with Crippen LogP contribution in [0, 0.1) is 17.1 Å². The van der Waals surface area contributed by atoms with E-state index in [2.05, 4.69) is 0 Å². The lowest BCUT2D eigenvalue weighted by molar-refractivity contribution is -0.140. The van der Waals surface area contributed by atoms with Crippen LogP contribution < -0.4 is 0 Å². The van der Waals surface area contributed by atoms with Crippen LogP contribution in [0.1, 0.15) is 24.9 Å². The molecule has 1 atom stereocenters. The Kier molecular flexibility index (Phi) is 4.82. The lowest BCUT2D eigenvalue weighted by atomic mass is 10.1. The standard InChI is InChI=1S/C16H12ClFN2O3/c1-2-13(16(22)23)20-8-10(5-9(7-19)15(17)21)12-4-3-11(18)6-14(12)20/h3-6,8,13H,2H2,1H3,(H,22,23). The number of halogens is 2. The molecule has 0 aliphatic carbocycles. The number of rotatable bonds is 5. The van der Waals surface area contributed by atoms with Gasteiger partial charge in [-0.3, -0.25) is 4.79 Å². The summed E-state index contributed by atoms with van der Waals surface area (Å²) in [6, 6.07) is 4.70. The average molecular weight is 335 g/mol. The monoisotopic (exact) mass is 334 g/mol. The number of nitrogens with zero attached hydrogens (tertiary/aromatic N) is 2. The molecule has 0 saturated carbocycles. The summed E-state index contributed by atoms with van der Waals surface area (Å²) < 4.78 is 15.0. The zero-order valence-electron chi connectivity index (χ0n) is 12.1. The summed E-state index contributed by atoms with van der Waals surface area (Å²) in [5, 5.41) is 17.9. The Hall–Kier alpha value is -2.65. The fourth-order valence-electron chi connectivity index (χ4n) is 2.40. The van der Waals surface area contributed by atoms with Crippen LogP contribution >= 0.6 is 11.6 Å². The number of nitriles is 1. The summed E-state index contributed by atoms with van der Waals surface area (Å²) >= 11 is 5.33. The number of aliphatic carboxylic acids is 1. The van der Waals surface area contributed by atoms with E-state index in [1.165, 1.54) is 35.0 Å². The van der Waals surface area contributed by atoms with E-state index in [-0.39, 0.29) is 5.57 Å². The number of carbonyl (C=O) groups is 2. The van der Waals surface area contributed by atoms with Gasteiger partial charge >= 0.3 is 5.97 Å². The van der Waals surface area contributed by atoms with E-state index in [9.17, 15) is 19.1 Å². The van der Waals surface area contributed by atoms with Crippen molar-refractivity contribution in [2.24, 2.45) is 0 Å². The summed E-state index contributed by atoms with van der Waals surface area (Å²) in [5.41, 5.74) is 0.508. The largest absolute Gasteiger partial charge is 0.480 e. The third-order valence-electron chi connectivity index (χ3n) is 3.47. The lowest BCUT2D eigenvalue weighted by Crippen LogP contribution is -2.17. The fourth-order valence-corrected chi connectivity index (χ4v) is 2.50. The zero-order valence-corrected chi connectivity index (χ0v) is 12.8. The summed E-state index contributed by atoms with van der Waals surface area (Å²) in [6.07, 6.45) is 3.03. The SMILES string of the molecule is CCC(C(=O)O)n1cc(C=C(C#N)C(=O)Cl)c2ccc(F)cc21. The maximum Gasteiger partial charge on any atom is 0.326 e.